The highest BCUT2D eigenvalue weighted by molar-refractivity contribution is 9.10. The van der Waals surface area contributed by atoms with Gasteiger partial charge in [-0.3, -0.25) is 9.59 Å². The Morgan fingerprint density at radius 2 is 1.79 bits per heavy atom. The van der Waals surface area contributed by atoms with Gasteiger partial charge in [0.05, 0.1) is 22.3 Å². The number of rotatable bonds is 6. The van der Waals surface area contributed by atoms with Crippen LogP contribution in [0.1, 0.15) is 35.7 Å². The van der Waals surface area contributed by atoms with Crippen LogP contribution >= 0.6 is 62.3 Å². The van der Waals surface area contributed by atoms with Crippen LogP contribution < -0.4 is 10.6 Å². The minimum Gasteiger partial charge on any atom is -0.326 e. The van der Waals surface area contributed by atoms with Gasteiger partial charge < -0.3 is 10.6 Å². The number of benzene rings is 2. The summed E-state index contributed by atoms with van der Waals surface area (Å²) in [5, 5.41) is 6.03. The average molecular weight is 595 g/mol. The number of hydrogen-bond acceptors (Lipinski definition) is 2. The molecule has 1 aliphatic rings. The second kappa shape index (κ2) is 10.4. The molecule has 2 unspecified atom stereocenters. The molecule has 4 nitrogen and oxygen atoms in total. The van der Waals surface area contributed by atoms with Gasteiger partial charge in [0.1, 0.15) is 4.33 Å². The largest absolute Gasteiger partial charge is 0.326 e. The van der Waals surface area contributed by atoms with Gasteiger partial charge in [0.25, 0.3) is 5.91 Å². The molecule has 0 radical (unpaired) electrons. The number of nitrogens with one attached hydrogen (secondary N) is 2. The van der Waals surface area contributed by atoms with Crippen molar-refractivity contribution in [1.29, 1.82) is 0 Å². The molecule has 0 aliphatic heterocycles. The van der Waals surface area contributed by atoms with E-state index in [0.29, 0.717) is 16.4 Å². The summed E-state index contributed by atoms with van der Waals surface area (Å²) in [6.07, 6.45) is 2.65. The molecule has 10 heteroatoms. The molecule has 0 saturated heterocycles. The third kappa shape index (κ3) is 6.31. The van der Waals surface area contributed by atoms with Crippen LogP contribution in [0.4, 0.5) is 10.1 Å². The first kappa shape index (κ1) is 26.0. The predicted molar refractivity (Wildman–Crippen MR) is 136 cm³/mol. The van der Waals surface area contributed by atoms with E-state index in [-0.39, 0.29) is 10.6 Å². The van der Waals surface area contributed by atoms with Crippen molar-refractivity contribution in [3.8, 4) is 0 Å². The van der Waals surface area contributed by atoms with Crippen LogP contribution in [-0.2, 0) is 4.79 Å². The fourth-order valence-corrected chi connectivity index (χ4v) is 5.27. The van der Waals surface area contributed by atoms with Crippen molar-refractivity contribution in [3.05, 3.63) is 85.7 Å². The van der Waals surface area contributed by atoms with E-state index in [1.165, 1.54) is 31.2 Å². The fraction of sp³-hybridized carbons (Fsp3) is 0.217. The van der Waals surface area contributed by atoms with Crippen LogP contribution in [0.25, 0.3) is 0 Å². The summed E-state index contributed by atoms with van der Waals surface area (Å²) in [4.78, 5) is 25.5. The molecule has 2 aromatic rings. The first-order valence-corrected chi connectivity index (χ1v) is 12.0. The van der Waals surface area contributed by atoms with E-state index < -0.39 is 33.8 Å². The van der Waals surface area contributed by atoms with Crippen LogP contribution in [0, 0.1) is 5.92 Å². The number of hydrogen-bond donors (Lipinski definition) is 2. The minimum atomic E-state index is -1.30. The van der Waals surface area contributed by atoms with Crippen LogP contribution in [-0.4, -0.2) is 16.1 Å². The number of alkyl halides is 2. The van der Waals surface area contributed by atoms with Crippen molar-refractivity contribution in [2.45, 2.75) is 24.1 Å². The van der Waals surface area contributed by atoms with Gasteiger partial charge in [0.15, 0.2) is 0 Å². The van der Waals surface area contributed by atoms with Crippen LogP contribution in [0.2, 0.25) is 10.0 Å². The second-order valence-electron chi connectivity index (χ2n) is 7.57. The summed E-state index contributed by atoms with van der Waals surface area (Å²) < 4.78 is 12.3. The van der Waals surface area contributed by atoms with Crippen molar-refractivity contribution in [2.75, 3.05) is 5.32 Å². The molecule has 2 aromatic carbocycles. The minimum absolute atomic E-state index is 0.136. The Balaban J connectivity index is 1.76. The van der Waals surface area contributed by atoms with E-state index in [1.807, 2.05) is 6.07 Å². The van der Waals surface area contributed by atoms with Crippen LogP contribution in [0.3, 0.4) is 0 Å². The lowest BCUT2D eigenvalue weighted by molar-refractivity contribution is -0.117. The zero-order chi connectivity index (χ0) is 24.5. The topological polar surface area (TPSA) is 58.2 Å². The number of halogens is 6. The lowest BCUT2D eigenvalue weighted by atomic mass is 10.1. The average Bonchev–Trinajstić information content (AvgIpc) is 3.29. The van der Waals surface area contributed by atoms with Crippen molar-refractivity contribution < 1.29 is 14.0 Å². The molecule has 0 bridgehead atoms. The Morgan fingerprint density at radius 3 is 2.42 bits per heavy atom. The lowest BCUT2D eigenvalue weighted by Gasteiger charge is -2.10. The molecule has 0 spiro atoms. The molecule has 1 aliphatic carbocycles. The lowest BCUT2D eigenvalue weighted by Crippen LogP contribution is -2.22. The molecule has 1 saturated carbocycles. The van der Waals surface area contributed by atoms with Crippen LogP contribution in [0.5, 0.6) is 0 Å². The van der Waals surface area contributed by atoms with E-state index in [4.69, 9.17) is 46.4 Å². The van der Waals surface area contributed by atoms with E-state index in [2.05, 4.69) is 26.6 Å². The maximum Gasteiger partial charge on any atom is 0.256 e. The van der Waals surface area contributed by atoms with Crippen molar-refractivity contribution in [3.63, 3.8) is 0 Å². The van der Waals surface area contributed by atoms with Crippen molar-refractivity contribution in [2.24, 2.45) is 5.92 Å². The highest BCUT2D eigenvalue weighted by Gasteiger charge is 2.67. The number of allylic oxidation sites excluding steroid dienone is 4. The molecule has 174 valence electrons. The SMILES string of the molecule is C/C(F)=C\C=C(/C)NC(=O)c1cc(NC(=O)C2C(c3cc(Cl)cc(Br)c3)C2(Cl)Cl)ccc1Cl. The molecule has 2 atom stereocenters. The summed E-state index contributed by atoms with van der Waals surface area (Å²) in [7, 11) is 0. The maximum atomic E-state index is 12.9. The van der Waals surface area contributed by atoms with Gasteiger partial charge in [-0.05, 0) is 68.0 Å². The summed E-state index contributed by atoms with van der Waals surface area (Å²) in [6, 6.07) is 9.74. The standard InChI is InChI=1S/C23H18BrCl4FN2O2/c1-11(29)3-4-12(2)30-21(32)17-10-16(5-6-18(17)26)31-22(33)20-19(23(20,27)28)13-7-14(24)9-15(25)8-13/h3-10,19-20H,1-2H3,(H,30,32)(H,31,33)/b11-3+,12-4+. The van der Waals surface area contributed by atoms with Crippen molar-refractivity contribution >= 4 is 79.8 Å². The summed E-state index contributed by atoms with van der Waals surface area (Å²) in [6.45, 7) is 2.90. The van der Waals surface area contributed by atoms with Gasteiger partial charge in [0, 0.05) is 26.8 Å². The molecular formula is C23H18BrCl4FN2O2. The molecular weight excluding hydrogens is 577 g/mol. The zero-order valence-corrected chi connectivity index (χ0v) is 22.0. The summed E-state index contributed by atoms with van der Waals surface area (Å²) >= 11 is 28.5. The maximum absolute atomic E-state index is 12.9. The van der Waals surface area contributed by atoms with Gasteiger partial charge in [-0.15, -0.1) is 23.2 Å². The Hall–Kier alpha value is -1.57. The van der Waals surface area contributed by atoms with Gasteiger partial charge >= 0.3 is 0 Å². The Labute approximate surface area is 219 Å². The zero-order valence-electron chi connectivity index (χ0n) is 17.4. The van der Waals surface area contributed by atoms with Gasteiger partial charge in [-0.2, -0.15) is 0 Å². The Morgan fingerprint density at radius 1 is 1.09 bits per heavy atom. The fourth-order valence-electron chi connectivity index (χ4n) is 3.35. The molecule has 2 amide bonds. The highest BCUT2D eigenvalue weighted by atomic mass is 79.9. The smallest absolute Gasteiger partial charge is 0.256 e. The third-order valence-electron chi connectivity index (χ3n) is 4.93. The van der Waals surface area contributed by atoms with Gasteiger partial charge in [0.2, 0.25) is 5.91 Å². The number of carbonyl (C=O) groups excluding carboxylic acids is 2. The molecule has 1 fully saturated rings. The van der Waals surface area contributed by atoms with Gasteiger partial charge in [-0.1, -0.05) is 39.1 Å². The van der Waals surface area contributed by atoms with E-state index >= 15 is 0 Å². The number of anilines is 1. The third-order valence-corrected chi connectivity index (χ3v) is 6.88. The van der Waals surface area contributed by atoms with Crippen LogP contribution in [0.15, 0.2) is 64.5 Å². The Bertz CT molecular complexity index is 1160. The normalized spacial score (nSPS) is 19.8. The number of amides is 2. The Kier molecular flexibility index (Phi) is 8.18. The molecule has 2 N–H and O–H groups in total. The molecule has 0 aromatic heterocycles. The summed E-state index contributed by atoms with van der Waals surface area (Å²) in [5.41, 5.74) is 1.63. The van der Waals surface area contributed by atoms with E-state index in [0.717, 1.165) is 10.0 Å². The quantitative estimate of drug-likeness (QED) is 0.265. The predicted octanol–water partition coefficient (Wildman–Crippen LogP) is 7.79. The molecule has 0 heterocycles. The van der Waals surface area contributed by atoms with Crippen molar-refractivity contribution in [1.82, 2.24) is 5.32 Å². The molecule has 3 rings (SSSR count). The van der Waals surface area contributed by atoms with E-state index in [9.17, 15) is 14.0 Å². The second-order valence-corrected chi connectivity index (χ2v) is 10.8. The first-order valence-electron chi connectivity index (χ1n) is 9.66. The number of carbonyl (C=O) groups is 2. The molecule has 33 heavy (non-hydrogen) atoms. The summed E-state index contributed by atoms with van der Waals surface area (Å²) in [5.74, 6) is -2.49. The monoisotopic (exact) mass is 592 g/mol. The highest BCUT2D eigenvalue weighted by Crippen LogP contribution is 2.65. The first-order chi connectivity index (χ1) is 15.4. The van der Waals surface area contributed by atoms with E-state index in [1.54, 1.807) is 25.1 Å². The van der Waals surface area contributed by atoms with Gasteiger partial charge in [-0.25, -0.2) is 4.39 Å².